The summed E-state index contributed by atoms with van der Waals surface area (Å²) in [4.78, 5) is 26.7. The Bertz CT molecular complexity index is 853. The minimum atomic E-state index is -1.11. The van der Waals surface area contributed by atoms with Gasteiger partial charge in [-0.05, 0) is 24.5 Å². The van der Waals surface area contributed by atoms with Crippen LogP contribution in [0.5, 0.6) is 0 Å². The molecule has 3 aliphatic heterocycles. The maximum Gasteiger partial charge on any atom is 0.234 e. The van der Waals surface area contributed by atoms with Crippen LogP contribution >= 0.6 is 0 Å². The first-order chi connectivity index (χ1) is 10.6. The highest BCUT2D eigenvalue weighted by Gasteiger charge is 2.55. The Balaban J connectivity index is 1.89. The minimum Gasteiger partial charge on any atom is -0.387 e. The number of nitrogens with zero attached hydrogens (tertiary/aromatic N) is 2. The quantitative estimate of drug-likeness (QED) is 0.804. The Labute approximate surface area is 127 Å². The van der Waals surface area contributed by atoms with E-state index in [1.54, 1.807) is 9.47 Å². The van der Waals surface area contributed by atoms with Gasteiger partial charge in [-0.2, -0.15) is 0 Å². The zero-order valence-corrected chi connectivity index (χ0v) is 12.1. The van der Waals surface area contributed by atoms with Crippen LogP contribution in [0.1, 0.15) is 41.4 Å². The van der Waals surface area contributed by atoms with Crippen LogP contribution in [0, 0.1) is 0 Å². The molecule has 1 amide bonds. The number of carbonyl (C=O) groups excluding carboxylic acids is 2. The van der Waals surface area contributed by atoms with Crippen molar-refractivity contribution >= 4 is 22.7 Å². The molecule has 1 aromatic carbocycles. The number of para-hydroxylation sites is 1. The molecule has 0 spiro atoms. The summed E-state index contributed by atoms with van der Waals surface area (Å²) in [7, 11) is 0. The lowest BCUT2D eigenvalue weighted by atomic mass is 9.74. The third-order valence-corrected chi connectivity index (χ3v) is 5.50. The van der Waals surface area contributed by atoms with Crippen LogP contribution in [-0.2, 0) is 11.2 Å². The lowest BCUT2D eigenvalue weighted by Crippen LogP contribution is -2.59. The number of amides is 1. The summed E-state index contributed by atoms with van der Waals surface area (Å²) in [5.41, 5.74) is 1.77. The average molecular weight is 296 g/mol. The third-order valence-electron chi connectivity index (χ3n) is 5.50. The molecule has 1 N–H and O–H groups in total. The van der Waals surface area contributed by atoms with E-state index in [0.717, 1.165) is 28.6 Å². The molecule has 5 nitrogen and oxygen atoms in total. The summed E-state index contributed by atoms with van der Waals surface area (Å²) in [6, 6.07) is 7.51. The van der Waals surface area contributed by atoms with E-state index in [1.165, 1.54) is 0 Å². The summed E-state index contributed by atoms with van der Waals surface area (Å²) in [5, 5.41) is 12.1. The highest BCUT2D eigenvalue weighted by Crippen LogP contribution is 2.50. The number of hydrogen-bond donors (Lipinski definition) is 1. The van der Waals surface area contributed by atoms with Crippen molar-refractivity contribution in [2.45, 2.75) is 37.3 Å². The number of fused-ring (bicyclic) bond motifs is 3. The second kappa shape index (κ2) is 3.79. The maximum absolute atomic E-state index is 12.7. The van der Waals surface area contributed by atoms with Gasteiger partial charge in [-0.1, -0.05) is 18.2 Å². The lowest BCUT2D eigenvalue weighted by molar-refractivity contribution is -0.156. The molecule has 4 heterocycles. The van der Waals surface area contributed by atoms with Gasteiger partial charge in [0.1, 0.15) is 6.04 Å². The molecular weight excluding hydrogens is 280 g/mol. The molecule has 2 aromatic rings. The van der Waals surface area contributed by atoms with E-state index in [-0.39, 0.29) is 24.3 Å². The molecule has 0 bridgehead atoms. The summed E-state index contributed by atoms with van der Waals surface area (Å²) in [5.74, 6) is 0.0267. The molecule has 0 saturated carbocycles. The van der Waals surface area contributed by atoms with Crippen LogP contribution in [0.4, 0.5) is 0 Å². The van der Waals surface area contributed by atoms with Gasteiger partial charge in [-0.15, -0.1) is 0 Å². The summed E-state index contributed by atoms with van der Waals surface area (Å²) in [6.07, 6.45) is 1.54. The van der Waals surface area contributed by atoms with Gasteiger partial charge in [0.2, 0.25) is 11.8 Å². The van der Waals surface area contributed by atoms with Crippen LogP contribution in [0.2, 0.25) is 0 Å². The largest absolute Gasteiger partial charge is 0.387 e. The molecule has 3 aliphatic rings. The normalized spacial score (nSPS) is 29.9. The topological polar surface area (TPSA) is 62.5 Å². The number of hydrogen-bond acceptors (Lipinski definition) is 3. The summed E-state index contributed by atoms with van der Waals surface area (Å²) < 4.78 is 1.74. The number of aliphatic hydroxyl groups is 1. The molecule has 1 saturated heterocycles. The highest BCUT2D eigenvalue weighted by atomic mass is 16.3. The number of rotatable bonds is 0. The number of aromatic nitrogens is 1. The standard InChI is InChI=1S/C17H16N2O3/c20-13-5-7-17(22)9-14(21)19-12-4-2-1-3-10(12)11-6-8-18(13)16(17)15(11)19/h1-4,16,22H,5-9H2/t16-,17-/m1/s1. The number of benzene rings is 1. The van der Waals surface area contributed by atoms with Crippen molar-refractivity contribution in [2.75, 3.05) is 6.54 Å². The second-order valence-corrected chi connectivity index (χ2v) is 6.63. The Kier molecular flexibility index (Phi) is 2.14. The van der Waals surface area contributed by atoms with E-state index >= 15 is 0 Å². The lowest BCUT2D eigenvalue weighted by Gasteiger charge is -2.51. The monoisotopic (exact) mass is 296 g/mol. The predicted molar refractivity (Wildman–Crippen MR) is 79.5 cm³/mol. The van der Waals surface area contributed by atoms with Crippen molar-refractivity contribution in [1.29, 1.82) is 0 Å². The Morgan fingerprint density at radius 1 is 1.14 bits per heavy atom. The summed E-state index contributed by atoms with van der Waals surface area (Å²) >= 11 is 0. The van der Waals surface area contributed by atoms with Gasteiger partial charge < -0.3 is 10.0 Å². The molecule has 5 heteroatoms. The first-order valence-electron chi connectivity index (χ1n) is 7.77. The van der Waals surface area contributed by atoms with Crippen molar-refractivity contribution < 1.29 is 14.7 Å². The molecule has 112 valence electrons. The maximum atomic E-state index is 12.7. The van der Waals surface area contributed by atoms with Crippen molar-refractivity contribution in [3.63, 3.8) is 0 Å². The van der Waals surface area contributed by atoms with Gasteiger partial charge in [-0.25, -0.2) is 0 Å². The fraction of sp³-hybridized carbons (Fsp3) is 0.412. The van der Waals surface area contributed by atoms with E-state index < -0.39 is 5.60 Å². The van der Waals surface area contributed by atoms with Gasteiger partial charge in [0.15, 0.2) is 0 Å². The zero-order chi connectivity index (χ0) is 15.1. The Morgan fingerprint density at radius 2 is 1.95 bits per heavy atom. The minimum absolute atomic E-state index is 0.0626. The van der Waals surface area contributed by atoms with E-state index in [9.17, 15) is 14.7 Å². The van der Waals surface area contributed by atoms with Crippen LogP contribution in [0.25, 0.3) is 10.9 Å². The molecule has 2 atom stereocenters. The van der Waals surface area contributed by atoms with Gasteiger partial charge in [0, 0.05) is 18.4 Å². The van der Waals surface area contributed by atoms with E-state index in [0.29, 0.717) is 19.4 Å². The zero-order valence-electron chi connectivity index (χ0n) is 12.1. The fourth-order valence-corrected chi connectivity index (χ4v) is 4.60. The first kappa shape index (κ1) is 12.4. The molecule has 1 fully saturated rings. The van der Waals surface area contributed by atoms with Gasteiger partial charge in [-0.3, -0.25) is 14.2 Å². The molecule has 0 aliphatic carbocycles. The average Bonchev–Trinajstić information content (AvgIpc) is 2.85. The Hall–Kier alpha value is -2.14. The van der Waals surface area contributed by atoms with Gasteiger partial charge in [0.05, 0.1) is 23.2 Å². The number of carbonyl (C=O) groups is 2. The van der Waals surface area contributed by atoms with Crippen LogP contribution < -0.4 is 0 Å². The van der Waals surface area contributed by atoms with Crippen molar-refractivity contribution in [3.05, 3.63) is 35.5 Å². The molecule has 0 radical (unpaired) electrons. The Morgan fingerprint density at radius 3 is 2.82 bits per heavy atom. The second-order valence-electron chi connectivity index (χ2n) is 6.63. The SMILES string of the molecule is O=C1CC[C@@]2(O)CC(=O)n3c4c(c5ccccc53)CCN1[C@H]42. The van der Waals surface area contributed by atoms with Gasteiger partial charge >= 0.3 is 0 Å². The van der Waals surface area contributed by atoms with Crippen molar-refractivity contribution in [2.24, 2.45) is 0 Å². The van der Waals surface area contributed by atoms with Crippen molar-refractivity contribution in [1.82, 2.24) is 9.47 Å². The predicted octanol–water partition coefficient (Wildman–Crippen LogP) is 1.64. The molecular formula is C17H16N2O3. The van der Waals surface area contributed by atoms with Gasteiger partial charge in [0.25, 0.3) is 0 Å². The molecule has 0 unspecified atom stereocenters. The number of piperidine rings is 1. The van der Waals surface area contributed by atoms with Crippen molar-refractivity contribution in [3.8, 4) is 0 Å². The third kappa shape index (κ3) is 1.28. The van der Waals surface area contributed by atoms with E-state index in [2.05, 4.69) is 0 Å². The van der Waals surface area contributed by atoms with E-state index in [4.69, 9.17) is 0 Å². The fourth-order valence-electron chi connectivity index (χ4n) is 4.60. The van der Waals surface area contributed by atoms with Crippen LogP contribution in [0.3, 0.4) is 0 Å². The molecule has 5 rings (SSSR count). The first-order valence-corrected chi connectivity index (χ1v) is 7.77. The van der Waals surface area contributed by atoms with Crippen LogP contribution in [-0.4, -0.2) is 38.5 Å². The molecule has 22 heavy (non-hydrogen) atoms. The van der Waals surface area contributed by atoms with E-state index in [1.807, 2.05) is 24.3 Å². The summed E-state index contributed by atoms with van der Waals surface area (Å²) in [6.45, 7) is 0.626. The molecule has 1 aromatic heterocycles. The van der Waals surface area contributed by atoms with Crippen LogP contribution in [0.15, 0.2) is 24.3 Å². The smallest absolute Gasteiger partial charge is 0.234 e. The highest BCUT2D eigenvalue weighted by molar-refractivity contribution is 5.98.